The van der Waals surface area contributed by atoms with Gasteiger partial charge in [-0.2, -0.15) is 8.78 Å². The molecule has 0 bridgehead atoms. The molecule has 0 spiro atoms. The molecule has 12 heteroatoms. The van der Waals surface area contributed by atoms with E-state index in [4.69, 9.17) is 11.6 Å². The largest absolute Gasteiger partial charge is 0.435 e. The molecular weight excluding hydrogens is 468 g/mol. The first-order valence-electron chi connectivity index (χ1n) is 6.30. The Bertz CT molecular complexity index is 999. The van der Waals surface area contributed by atoms with Crippen LogP contribution in [0.15, 0.2) is 56.7 Å². The fourth-order valence-electron chi connectivity index (χ4n) is 1.75. The standard InChI is InChI=1S/C13H9BrClF2NO5S2/c14-12-10(15)5-2-6-11(12)25(21,22)18-24(19,20)9-4-1-3-8(7-9)23-13(16)17/h1-7,13,18H. The van der Waals surface area contributed by atoms with Crippen molar-refractivity contribution in [1.82, 2.24) is 4.13 Å². The number of halogens is 4. The van der Waals surface area contributed by atoms with Crippen LogP contribution in [0, 0.1) is 0 Å². The molecule has 0 amide bonds. The Morgan fingerprint density at radius 3 is 2.32 bits per heavy atom. The van der Waals surface area contributed by atoms with Crippen molar-refractivity contribution in [2.45, 2.75) is 16.4 Å². The van der Waals surface area contributed by atoms with Crippen molar-refractivity contribution in [2.24, 2.45) is 0 Å². The molecule has 2 aromatic carbocycles. The van der Waals surface area contributed by atoms with Crippen molar-refractivity contribution in [3.8, 4) is 5.75 Å². The van der Waals surface area contributed by atoms with Gasteiger partial charge in [-0.15, -0.1) is 4.13 Å². The van der Waals surface area contributed by atoms with E-state index in [9.17, 15) is 25.6 Å². The summed E-state index contributed by atoms with van der Waals surface area (Å²) in [6.07, 6.45) is 0. The second-order valence-corrected chi connectivity index (χ2v) is 9.29. The first kappa shape index (κ1) is 20.0. The van der Waals surface area contributed by atoms with Gasteiger partial charge in [-0.25, -0.2) is 16.8 Å². The van der Waals surface area contributed by atoms with E-state index in [1.807, 2.05) is 0 Å². The van der Waals surface area contributed by atoms with Gasteiger partial charge < -0.3 is 4.74 Å². The zero-order valence-corrected chi connectivity index (χ0v) is 16.0. The molecule has 0 saturated heterocycles. The Hall–Kier alpha value is -1.27. The summed E-state index contributed by atoms with van der Waals surface area (Å²) in [4.78, 5) is -0.962. The average Bonchev–Trinajstić information content (AvgIpc) is 2.48. The average molecular weight is 477 g/mol. The van der Waals surface area contributed by atoms with Crippen molar-refractivity contribution in [2.75, 3.05) is 0 Å². The lowest BCUT2D eigenvalue weighted by Crippen LogP contribution is -2.31. The maximum atomic E-state index is 12.3. The van der Waals surface area contributed by atoms with Crippen molar-refractivity contribution in [3.63, 3.8) is 0 Å². The molecule has 0 unspecified atom stereocenters. The van der Waals surface area contributed by atoms with Crippen molar-refractivity contribution < 1.29 is 30.4 Å². The second kappa shape index (κ2) is 7.54. The van der Waals surface area contributed by atoms with Gasteiger partial charge >= 0.3 is 6.61 Å². The summed E-state index contributed by atoms with van der Waals surface area (Å²) < 4.78 is 79.3. The van der Waals surface area contributed by atoms with Crippen LogP contribution in [0.1, 0.15) is 0 Å². The van der Waals surface area contributed by atoms with Crippen LogP contribution in [0.4, 0.5) is 8.78 Å². The summed E-state index contributed by atoms with van der Waals surface area (Å²) in [5, 5.41) is 0.0626. The van der Waals surface area contributed by atoms with Crippen LogP contribution in [0.25, 0.3) is 0 Å². The number of alkyl halides is 2. The van der Waals surface area contributed by atoms with Crippen LogP contribution in [-0.2, 0) is 20.0 Å². The van der Waals surface area contributed by atoms with E-state index in [-0.39, 0.29) is 9.50 Å². The summed E-state index contributed by atoms with van der Waals surface area (Å²) in [5.74, 6) is -0.431. The van der Waals surface area contributed by atoms with E-state index in [1.165, 1.54) is 16.3 Å². The van der Waals surface area contributed by atoms with Crippen LogP contribution >= 0.6 is 27.5 Å². The van der Waals surface area contributed by atoms with Gasteiger partial charge in [0.2, 0.25) is 0 Å². The summed E-state index contributed by atoms with van der Waals surface area (Å²) in [7, 11) is -9.09. The van der Waals surface area contributed by atoms with E-state index in [1.54, 1.807) is 0 Å². The Morgan fingerprint density at radius 1 is 1.04 bits per heavy atom. The highest BCUT2D eigenvalue weighted by Crippen LogP contribution is 2.30. The van der Waals surface area contributed by atoms with Crippen LogP contribution in [0.2, 0.25) is 5.02 Å². The normalized spacial score (nSPS) is 12.4. The summed E-state index contributed by atoms with van der Waals surface area (Å²) in [6, 6.07) is 7.92. The van der Waals surface area contributed by atoms with Crippen LogP contribution < -0.4 is 8.86 Å². The molecular formula is C13H9BrClF2NO5S2. The molecule has 6 nitrogen and oxygen atoms in total. The number of hydrogen-bond acceptors (Lipinski definition) is 5. The molecule has 136 valence electrons. The molecule has 0 fully saturated rings. The molecule has 0 aliphatic heterocycles. The van der Waals surface area contributed by atoms with Crippen LogP contribution in [0.5, 0.6) is 5.75 Å². The van der Waals surface area contributed by atoms with Gasteiger partial charge in [0.1, 0.15) is 5.75 Å². The Balaban J connectivity index is 2.39. The number of benzene rings is 2. The summed E-state index contributed by atoms with van der Waals surface area (Å²) >= 11 is 8.77. The van der Waals surface area contributed by atoms with Crippen LogP contribution in [-0.4, -0.2) is 23.4 Å². The van der Waals surface area contributed by atoms with Gasteiger partial charge in [-0.05, 0) is 40.2 Å². The SMILES string of the molecule is O=S(=O)(NS(=O)(=O)c1cccc(Cl)c1Br)c1cccc(OC(F)F)c1. The van der Waals surface area contributed by atoms with Crippen molar-refractivity contribution in [1.29, 1.82) is 0 Å². The lowest BCUT2D eigenvalue weighted by molar-refractivity contribution is -0.0499. The predicted molar refractivity (Wildman–Crippen MR) is 89.7 cm³/mol. The zero-order valence-electron chi connectivity index (χ0n) is 12.0. The third kappa shape index (κ3) is 4.88. The Labute approximate surface area is 156 Å². The first-order chi connectivity index (χ1) is 11.5. The van der Waals surface area contributed by atoms with Gasteiger partial charge in [0.15, 0.2) is 0 Å². The third-order valence-corrected chi connectivity index (χ3v) is 7.98. The van der Waals surface area contributed by atoms with Crippen LogP contribution in [0.3, 0.4) is 0 Å². The molecule has 25 heavy (non-hydrogen) atoms. The van der Waals surface area contributed by atoms with E-state index in [2.05, 4.69) is 20.7 Å². The summed E-state index contributed by atoms with van der Waals surface area (Å²) in [5.41, 5.74) is 0. The minimum Gasteiger partial charge on any atom is -0.435 e. The van der Waals surface area contributed by atoms with Crippen molar-refractivity contribution >= 4 is 47.6 Å². The predicted octanol–water partition coefficient (Wildman–Crippen LogP) is 3.37. The fourth-order valence-corrected chi connectivity index (χ4v) is 5.91. The topological polar surface area (TPSA) is 89.5 Å². The number of hydrogen-bond donors (Lipinski definition) is 1. The Morgan fingerprint density at radius 2 is 1.68 bits per heavy atom. The van der Waals surface area contributed by atoms with E-state index in [0.717, 1.165) is 30.3 Å². The first-order valence-corrected chi connectivity index (χ1v) is 10.4. The molecule has 2 aromatic rings. The highest BCUT2D eigenvalue weighted by atomic mass is 79.9. The number of ether oxygens (including phenoxy) is 1. The van der Waals surface area contributed by atoms with Crippen molar-refractivity contribution in [3.05, 3.63) is 52.0 Å². The van der Waals surface area contributed by atoms with Gasteiger partial charge in [0, 0.05) is 6.07 Å². The second-order valence-electron chi connectivity index (χ2n) is 4.50. The molecule has 0 aliphatic carbocycles. The highest BCUT2D eigenvalue weighted by molar-refractivity contribution is 9.10. The van der Waals surface area contributed by atoms with E-state index >= 15 is 0 Å². The molecule has 0 heterocycles. The smallest absolute Gasteiger partial charge is 0.387 e. The molecule has 0 saturated carbocycles. The lowest BCUT2D eigenvalue weighted by atomic mass is 10.3. The number of sulfonamides is 2. The summed E-state index contributed by atoms with van der Waals surface area (Å²) in [6.45, 7) is -3.16. The van der Waals surface area contributed by atoms with Gasteiger partial charge in [-0.3, -0.25) is 0 Å². The quantitative estimate of drug-likeness (QED) is 0.690. The third-order valence-electron chi connectivity index (χ3n) is 2.77. The Kier molecular flexibility index (Phi) is 6.05. The molecule has 2 rings (SSSR count). The number of rotatable bonds is 6. The molecule has 0 aromatic heterocycles. The zero-order chi connectivity index (χ0) is 18.8. The molecule has 0 radical (unpaired) electrons. The van der Waals surface area contributed by atoms with Gasteiger partial charge in [0.25, 0.3) is 20.0 Å². The lowest BCUT2D eigenvalue weighted by Gasteiger charge is -2.11. The maximum absolute atomic E-state index is 12.3. The minimum atomic E-state index is -4.58. The monoisotopic (exact) mass is 475 g/mol. The van der Waals surface area contributed by atoms with Gasteiger partial charge in [-0.1, -0.05) is 23.7 Å². The molecule has 1 N–H and O–H groups in total. The number of nitrogens with one attached hydrogen (secondary N) is 1. The maximum Gasteiger partial charge on any atom is 0.387 e. The van der Waals surface area contributed by atoms with Gasteiger partial charge in [0.05, 0.1) is 19.3 Å². The molecule has 0 atom stereocenters. The minimum absolute atomic E-state index is 0.0193. The highest BCUT2D eigenvalue weighted by Gasteiger charge is 2.27. The van der Waals surface area contributed by atoms with E-state index in [0.29, 0.717) is 0 Å². The fraction of sp³-hybridized carbons (Fsp3) is 0.0769. The molecule has 0 aliphatic rings. The van der Waals surface area contributed by atoms with E-state index < -0.39 is 42.2 Å².